The molecule has 0 aliphatic carbocycles. The molecule has 0 radical (unpaired) electrons. The highest BCUT2D eigenvalue weighted by molar-refractivity contribution is 6.04. The van der Waals surface area contributed by atoms with Crippen LogP contribution in [-0.4, -0.2) is 27.9 Å². The number of benzene rings is 3. The summed E-state index contributed by atoms with van der Waals surface area (Å²) in [4.78, 5) is 0. The maximum Gasteiger partial charge on any atom is 0.121 e. The molecule has 0 aliphatic rings. The van der Waals surface area contributed by atoms with E-state index < -0.39 is 6.10 Å². The van der Waals surface area contributed by atoms with Crippen molar-refractivity contribution in [2.75, 3.05) is 6.54 Å². The summed E-state index contributed by atoms with van der Waals surface area (Å²) >= 11 is 0. The molecular weight excluding hydrogens is 380 g/mol. The van der Waals surface area contributed by atoms with Crippen molar-refractivity contribution in [1.29, 1.82) is 0 Å². The van der Waals surface area contributed by atoms with Crippen LogP contribution in [0.4, 0.5) is 0 Å². The quantitative estimate of drug-likeness (QED) is 0.459. The molecule has 3 nitrogen and oxygen atoms in total. The van der Waals surface area contributed by atoms with E-state index in [2.05, 4.69) is 116 Å². The van der Waals surface area contributed by atoms with Gasteiger partial charge < -0.3 is 15.0 Å². The zero-order chi connectivity index (χ0) is 22.0. The van der Waals surface area contributed by atoms with Gasteiger partial charge >= 0.3 is 0 Å². The highest BCUT2D eigenvalue weighted by atomic mass is 16.3. The van der Waals surface area contributed by atoms with Crippen LogP contribution in [0.2, 0.25) is 0 Å². The van der Waals surface area contributed by atoms with Crippen molar-refractivity contribution in [1.82, 2.24) is 4.57 Å². The number of nitrogens with zero attached hydrogens (tertiary/aromatic N) is 1. The minimum Gasteiger partial charge on any atom is -0.385 e. The summed E-state index contributed by atoms with van der Waals surface area (Å²) < 4.78 is 2.31. The summed E-state index contributed by atoms with van der Waals surface area (Å²) in [5.74, 6) is 0. The van der Waals surface area contributed by atoms with Crippen LogP contribution < -0.4 is 5.32 Å². The number of aromatic nitrogens is 1. The predicted molar refractivity (Wildman–Crippen MR) is 130 cm³/mol. The van der Waals surface area contributed by atoms with E-state index in [0.29, 0.717) is 13.1 Å². The summed E-state index contributed by atoms with van der Waals surface area (Å²) in [7, 11) is 0. The van der Waals surface area contributed by atoms with Gasteiger partial charge in [0, 0.05) is 16.5 Å². The van der Waals surface area contributed by atoms with Crippen molar-refractivity contribution in [2.24, 2.45) is 0 Å². The molecule has 4 rings (SSSR count). The SMILES string of the molecule is Cc1ccc2c(c1)c(-c1ccccc1)c(-c1ccccc1)n2C[C@@H](O)C[NH2+]C(C)(C)C. The van der Waals surface area contributed by atoms with E-state index in [4.69, 9.17) is 0 Å². The van der Waals surface area contributed by atoms with E-state index in [-0.39, 0.29) is 5.54 Å². The van der Waals surface area contributed by atoms with Crippen LogP contribution in [0, 0.1) is 6.92 Å². The van der Waals surface area contributed by atoms with Crippen molar-refractivity contribution in [3.8, 4) is 22.4 Å². The van der Waals surface area contributed by atoms with Crippen LogP contribution in [0.5, 0.6) is 0 Å². The van der Waals surface area contributed by atoms with Crippen LogP contribution in [0.1, 0.15) is 26.3 Å². The molecule has 31 heavy (non-hydrogen) atoms. The lowest BCUT2D eigenvalue weighted by Crippen LogP contribution is -2.96. The number of aryl methyl sites for hydroxylation is 1. The first-order valence-corrected chi connectivity index (χ1v) is 11.1. The predicted octanol–water partition coefficient (Wildman–Crippen LogP) is 5.01. The Hall–Kier alpha value is -2.88. The first-order valence-electron chi connectivity index (χ1n) is 11.1. The normalized spacial score (nSPS) is 12.9. The Morgan fingerprint density at radius 3 is 2.10 bits per heavy atom. The van der Waals surface area contributed by atoms with E-state index in [0.717, 1.165) is 5.52 Å². The maximum absolute atomic E-state index is 11.0. The van der Waals surface area contributed by atoms with Gasteiger partial charge in [-0.2, -0.15) is 0 Å². The molecule has 4 aromatic rings. The average Bonchev–Trinajstić information content (AvgIpc) is 3.06. The first kappa shape index (κ1) is 21.4. The van der Waals surface area contributed by atoms with Crippen molar-refractivity contribution in [2.45, 2.75) is 45.9 Å². The minimum absolute atomic E-state index is 0.0916. The second-order valence-electron chi connectivity index (χ2n) is 9.55. The van der Waals surface area contributed by atoms with Gasteiger partial charge in [-0.1, -0.05) is 72.3 Å². The van der Waals surface area contributed by atoms with Crippen LogP contribution in [0.15, 0.2) is 78.9 Å². The molecule has 0 unspecified atom stereocenters. The lowest BCUT2D eigenvalue weighted by molar-refractivity contribution is -0.722. The third-order valence-corrected chi connectivity index (χ3v) is 5.72. The third-order valence-electron chi connectivity index (χ3n) is 5.72. The average molecular weight is 414 g/mol. The summed E-state index contributed by atoms with van der Waals surface area (Å²) in [6, 6.07) is 27.8. The number of hydrogen-bond acceptors (Lipinski definition) is 1. The molecule has 0 fully saturated rings. The number of fused-ring (bicyclic) bond motifs is 1. The van der Waals surface area contributed by atoms with E-state index in [9.17, 15) is 5.11 Å². The van der Waals surface area contributed by atoms with Crippen LogP contribution >= 0.6 is 0 Å². The largest absolute Gasteiger partial charge is 0.385 e. The van der Waals surface area contributed by atoms with Crippen LogP contribution in [0.25, 0.3) is 33.3 Å². The van der Waals surface area contributed by atoms with Gasteiger partial charge in [-0.3, -0.25) is 0 Å². The molecule has 0 saturated heterocycles. The van der Waals surface area contributed by atoms with E-state index in [1.54, 1.807) is 0 Å². The van der Waals surface area contributed by atoms with Gasteiger partial charge in [0.2, 0.25) is 0 Å². The van der Waals surface area contributed by atoms with Gasteiger partial charge in [0.15, 0.2) is 0 Å². The monoisotopic (exact) mass is 413 g/mol. The van der Waals surface area contributed by atoms with Crippen LogP contribution in [0.3, 0.4) is 0 Å². The molecule has 0 bridgehead atoms. The summed E-state index contributed by atoms with van der Waals surface area (Å²) in [5.41, 5.74) is 7.27. The highest BCUT2D eigenvalue weighted by Crippen LogP contribution is 2.41. The third kappa shape index (κ3) is 4.73. The molecule has 0 aliphatic heterocycles. The van der Waals surface area contributed by atoms with Gasteiger partial charge in [0.25, 0.3) is 0 Å². The maximum atomic E-state index is 11.0. The number of quaternary nitrogens is 1. The summed E-state index contributed by atoms with van der Waals surface area (Å²) in [6.07, 6.45) is -0.442. The Labute approximate surface area is 185 Å². The van der Waals surface area contributed by atoms with Gasteiger partial charge in [0.1, 0.15) is 12.6 Å². The molecule has 0 saturated carbocycles. The molecular formula is C28H33N2O+. The molecule has 3 aromatic carbocycles. The van der Waals surface area contributed by atoms with E-state index in [1.807, 2.05) is 0 Å². The van der Waals surface area contributed by atoms with Crippen molar-refractivity contribution in [3.05, 3.63) is 84.4 Å². The van der Waals surface area contributed by atoms with Gasteiger partial charge in [0.05, 0.1) is 17.8 Å². The zero-order valence-corrected chi connectivity index (χ0v) is 19.0. The molecule has 0 spiro atoms. The fraction of sp³-hybridized carbons (Fsp3) is 0.286. The Balaban J connectivity index is 1.92. The highest BCUT2D eigenvalue weighted by Gasteiger charge is 2.23. The molecule has 3 heteroatoms. The van der Waals surface area contributed by atoms with E-state index in [1.165, 1.54) is 33.3 Å². The second kappa shape index (κ2) is 8.70. The fourth-order valence-electron chi connectivity index (χ4n) is 4.23. The van der Waals surface area contributed by atoms with Crippen LogP contribution in [-0.2, 0) is 6.54 Å². The van der Waals surface area contributed by atoms with Gasteiger partial charge in [-0.05, 0) is 51.0 Å². The zero-order valence-electron chi connectivity index (χ0n) is 19.0. The number of hydrogen-bond donors (Lipinski definition) is 2. The van der Waals surface area contributed by atoms with Crippen molar-refractivity contribution < 1.29 is 10.4 Å². The molecule has 0 amide bonds. The molecule has 1 aromatic heterocycles. The number of aliphatic hydroxyl groups excluding tert-OH is 1. The van der Waals surface area contributed by atoms with Crippen molar-refractivity contribution >= 4 is 10.9 Å². The Morgan fingerprint density at radius 2 is 1.48 bits per heavy atom. The lowest BCUT2D eigenvalue weighted by atomic mass is 9.98. The number of rotatable bonds is 6. The lowest BCUT2D eigenvalue weighted by Gasteiger charge is -2.21. The number of aliphatic hydroxyl groups is 1. The Morgan fingerprint density at radius 1 is 0.871 bits per heavy atom. The van der Waals surface area contributed by atoms with Gasteiger partial charge in [-0.15, -0.1) is 0 Å². The minimum atomic E-state index is -0.442. The summed E-state index contributed by atoms with van der Waals surface area (Å²) in [5, 5.41) is 14.4. The van der Waals surface area contributed by atoms with E-state index >= 15 is 0 Å². The second-order valence-corrected chi connectivity index (χ2v) is 9.55. The summed E-state index contributed by atoms with van der Waals surface area (Å²) in [6.45, 7) is 9.90. The standard InChI is InChI=1S/C28H32N2O/c1-20-15-16-25-24(17-20)26(21-11-7-5-8-12-21)27(22-13-9-6-10-14-22)30(25)19-23(31)18-29-28(2,3)4/h5-17,23,29,31H,18-19H2,1-4H3/p+1/t23-/m0/s1. The molecule has 3 N–H and O–H groups in total. The fourth-order valence-corrected chi connectivity index (χ4v) is 4.23. The Bertz CT molecular complexity index is 1150. The molecule has 1 heterocycles. The number of nitrogens with two attached hydrogens (primary N) is 1. The van der Waals surface area contributed by atoms with Gasteiger partial charge in [-0.25, -0.2) is 0 Å². The molecule has 1 atom stereocenters. The van der Waals surface area contributed by atoms with Crippen molar-refractivity contribution in [3.63, 3.8) is 0 Å². The first-order chi connectivity index (χ1) is 14.8. The smallest absolute Gasteiger partial charge is 0.121 e. The Kier molecular flexibility index (Phi) is 5.99. The topological polar surface area (TPSA) is 41.8 Å². The molecule has 160 valence electrons.